The monoisotopic (exact) mass is 496 g/mol. The van der Waals surface area contributed by atoms with Crippen LogP contribution in [0.5, 0.6) is 5.75 Å². The lowest BCUT2D eigenvalue weighted by Crippen LogP contribution is -2.29. The second-order valence-corrected chi connectivity index (χ2v) is 8.16. The van der Waals surface area contributed by atoms with Crippen molar-refractivity contribution in [3.05, 3.63) is 85.0 Å². The highest BCUT2D eigenvalue weighted by Gasteiger charge is 2.17. The van der Waals surface area contributed by atoms with E-state index in [2.05, 4.69) is 48.6 Å². The van der Waals surface area contributed by atoms with Crippen LogP contribution in [0.4, 0.5) is 5.95 Å². The van der Waals surface area contributed by atoms with Crippen LogP contribution in [0.25, 0.3) is 11.2 Å². The Hall–Kier alpha value is -3.66. The number of aromatic amines is 1. The fourth-order valence-corrected chi connectivity index (χ4v) is 3.79. The molecule has 0 saturated carbocycles. The summed E-state index contributed by atoms with van der Waals surface area (Å²) in [5, 5.41) is 14.2. The summed E-state index contributed by atoms with van der Waals surface area (Å²) in [4.78, 5) is 31.3. The zero-order valence-corrected chi connectivity index (χ0v) is 18.8. The Bertz CT molecular complexity index is 1410. The van der Waals surface area contributed by atoms with Crippen molar-refractivity contribution in [2.24, 2.45) is 12.1 Å². The highest BCUT2D eigenvalue weighted by atomic mass is 79.9. The summed E-state index contributed by atoms with van der Waals surface area (Å²) >= 11 is 3.36. The van der Waals surface area contributed by atoms with Gasteiger partial charge in [0, 0.05) is 23.6 Å². The quantitative estimate of drug-likeness (QED) is 0.268. The van der Waals surface area contributed by atoms with Gasteiger partial charge in [0.05, 0.1) is 6.21 Å². The third-order valence-electron chi connectivity index (χ3n) is 5.05. The minimum Gasteiger partial charge on any atom is -0.507 e. The Labute approximate surface area is 191 Å². The summed E-state index contributed by atoms with van der Waals surface area (Å²) in [5.41, 5.74) is 4.06. The average molecular weight is 497 g/mol. The number of fused-ring (bicyclic) bond motifs is 1. The Kier molecular flexibility index (Phi) is 6.22. The number of nitrogens with zero attached hydrogens (tertiary/aromatic N) is 4. The molecular weight excluding hydrogens is 476 g/mol. The van der Waals surface area contributed by atoms with Crippen molar-refractivity contribution >= 4 is 39.3 Å². The molecular formula is C22H21BrN6O3. The molecule has 2 aromatic heterocycles. The molecule has 0 aliphatic heterocycles. The van der Waals surface area contributed by atoms with Gasteiger partial charge in [-0.05, 0) is 36.6 Å². The van der Waals surface area contributed by atoms with E-state index in [0.29, 0.717) is 23.6 Å². The lowest BCUT2D eigenvalue weighted by Gasteiger charge is -2.08. The third kappa shape index (κ3) is 4.50. The molecule has 0 saturated heterocycles. The molecule has 10 heteroatoms. The summed E-state index contributed by atoms with van der Waals surface area (Å²) in [6.45, 7) is 0.493. The summed E-state index contributed by atoms with van der Waals surface area (Å²) in [5.74, 6) is 0.402. The van der Waals surface area contributed by atoms with E-state index in [0.717, 1.165) is 17.3 Å². The first kappa shape index (κ1) is 21.6. The van der Waals surface area contributed by atoms with Crippen molar-refractivity contribution in [1.29, 1.82) is 0 Å². The minimum atomic E-state index is -0.537. The second kappa shape index (κ2) is 9.23. The van der Waals surface area contributed by atoms with Crippen LogP contribution >= 0.6 is 15.9 Å². The maximum atomic E-state index is 12.6. The van der Waals surface area contributed by atoms with Gasteiger partial charge in [-0.2, -0.15) is 10.1 Å². The van der Waals surface area contributed by atoms with Crippen molar-refractivity contribution in [2.75, 3.05) is 5.43 Å². The topological polar surface area (TPSA) is 117 Å². The Morgan fingerprint density at radius 3 is 2.78 bits per heavy atom. The molecule has 3 N–H and O–H groups in total. The first-order valence-electron chi connectivity index (χ1n) is 9.95. The van der Waals surface area contributed by atoms with E-state index < -0.39 is 11.2 Å². The van der Waals surface area contributed by atoms with Gasteiger partial charge in [0.25, 0.3) is 5.56 Å². The zero-order chi connectivity index (χ0) is 22.7. The first-order valence-corrected chi connectivity index (χ1v) is 10.7. The predicted molar refractivity (Wildman–Crippen MR) is 127 cm³/mol. The van der Waals surface area contributed by atoms with E-state index in [9.17, 15) is 14.7 Å². The van der Waals surface area contributed by atoms with Gasteiger partial charge in [-0.15, -0.1) is 0 Å². The fraction of sp³-hybridized carbons (Fsp3) is 0.182. The van der Waals surface area contributed by atoms with E-state index in [1.54, 1.807) is 29.8 Å². The number of rotatable bonds is 7. The van der Waals surface area contributed by atoms with E-state index >= 15 is 0 Å². The molecule has 2 aromatic carbocycles. The highest BCUT2D eigenvalue weighted by molar-refractivity contribution is 9.10. The number of phenols is 1. The first-order chi connectivity index (χ1) is 15.4. The predicted octanol–water partition coefficient (Wildman–Crippen LogP) is 2.97. The van der Waals surface area contributed by atoms with Gasteiger partial charge in [-0.3, -0.25) is 14.3 Å². The normalized spacial score (nSPS) is 11.4. The van der Waals surface area contributed by atoms with Crippen LogP contribution in [0.3, 0.4) is 0 Å². The smallest absolute Gasteiger partial charge is 0.329 e. The molecule has 9 nitrogen and oxygen atoms in total. The van der Waals surface area contributed by atoms with Crippen LogP contribution in [0, 0.1) is 0 Å². The van der Waals surface area contributed by atoms with Gasteiger partial charge >= 0.3 is 5.69 Å². The molecule has 0 fully saturated rings. The number of hydrogen-bond donors (Lipinski definition) is 3. The molecule has 4 rings (SSSR count). The molecule has 0 unspecified atom stereocenters. The van der Waals surface area contributed by atoms with Gasteiger partial charge in [0.2, 0.25) is 5.95 Å². The maximum absolute atomic E-state index is 12.6. The molecule has 0 aliphatic carbocycles. The molecule has 0 amide bonds. The fourth-order valence-electron chi connectivity index (χ4n) is 3.41. The Morgan fingerprint density at radius 1 is 1.22 bits per heavy atom. The number of halogens is 1. The minimum absolute atomic E-state index is 0.0777. The third-order valence-corrected chi connectivity index (χ3v) is 5.55. The Balaban J connectivity index is 1.66. The highest BCUT2D eigenvalue weighted by Crippen LogP contribution is 2.21. The molecule has 2 heterocycles. The SMILES string of the molecule is Cn1c(=O)[nH]c(=O)c2c1nc(N/N=C/c1cc(Br)ccc1O)n2CCCc1ccccc1. The second-order valence-electron chi connectivity index (χ2n) is 7.24. The van der Waals surface area contributed by atoms with Crippen LogP contribution in [0.2, 0.25) is 0 Å². The van der Waals surface area contributed by atoms with Gasteiger partial charge in [0.1, 0.15) is 5.75 Å². The van der Waals surface area contributed by atoms with Crippen molar-refractivity contribution in [3.63, 3.8) is 0 Å². The Morgan fingerprint density at radius 2 is 2.00 bits per heavy atom. The van der Waals surface area contributed by atoms with E-state index in [4.69, 9.17) is 0 Å². The van der Waals surface area contributed by atoms with Crippen molar-refractivity contribution in [1.82, 2.24) is 19.1 Å². The number of phenolic OH excluding ortho intramolecular Hbond substituents is 1. The molecule has 0 aliphatic rings. The number of nitrogens with one attached hydrogen (secondary N) is 2. The number of aromatic hydroxyl groups is 1. The molecule has 32 heavy (non-hydrogen) atoms. The van der Waals surface area contributed by atoms with Gasteiger partial charge in [-0.25, -0.2) is 10.2 Å². The number of benzene rings is 2. The van der Waals surface area contributed by atoms with Crippen molar-refractivity contribution in [2.45, 2.75) is 19.4 Å². The maximum Gasteiger partial charge on any atom is 0.329 e. The number of hydrogen-bond acceptors (Lipinski definition) is 6. The lowest BCUT2D eigenvalue weighted by molar-refractivity contribution is 0.474. The molecule has 164 valence electrons. The van der Waals surface area contributed by atoms with E-state index in [1.165, 1.54) is 16.3 Å². The number of aryl methyl sites for hydroxylation is 3. The lowest BCUT2D eigenvalue weighted by atomic mass is 10.1. The number of anilines is 1. The molecule has 0 bridgehead atoms. The molecule has 0 spiro atoms. The number of imidazole rings is 1. The van der Waals surface area contributed by atoms with E-state index in [-0.39, 0.29) is 11.4 Å². The molecule has 0 radical (unpaired) electrons. The van der Waals surface area contributed by atoms with E-state index in [1.807, 2.05) is 18.2 Å². The van der Waals surface area contributed by atoms with Gasteiger partial charge in [0.15, 0.2) is 11.2 Å². The summed E-state index contributed by atoms with van der Waals surface area (Å²) < 4.78 is 3.81. The summed E-state index contributed by atoms with van der Waals surface area (Å²) in [6, 6.07) is 15.0. The number of H-pyrrole nitrogens is 1. The van der Waals surface area contributed by atoms with Crippen LogP contribution in [-0.4, -0.2) is 30.4 Å². The van der Waals surface area contributed by atoms with Crippen molar-refractivity contribution < 1.29 is 5.11 Å². The number of hydrazone groups is 1. The summed E-state index contributed by atoms with van der Waals surface area (Å²) in [6.07, 6.45) is 3.03. The van der Waals surface area contributed by atoms with Gasteiger partial charge in [-0.1, -0.05) is 46.3 Å². The van der Waals surface area contributed by atoms with Crippen LogP contribution in [-0.2, 0) is 20.0 Å². The van der Waals surface area contributed by atoms with Crippen molar-refractivity contribution in [3.8, 4) is 5.75 Å². The molecule has 4 aromatic rings. The summed E-state index contributed by atoms with van der Waals surface area (Å²) in [7, 11) is 1.55. The average Bonchev–Trinajstić information content (AvgIpc) is 3.14. The largest absolute Gasteiger partial charge is 0.507 e. The van der Waals surface area contributed by atoms with Crippen LogP contribution in [0.1, 0.15) is 17.5 Å². The van der Waals surface area contributed by atoms with Crippen LogP contribution < -0.4 is 16.7 Å². The van der Waals surface area contributed by atoms with Crippen LogP contribution in [0.15, 0.2) is 67.7 Å². The number of aromatic nitrogens is 4. The zero-order valence-electron chi connectivity index (χ0n) is 17.2. The molecule has 0 atom stereocenters. The van der Waals surface area contributed by atoms with Gasteiger partial charge < -0.3 is 9.67 Å². The standard InChI is InChI=1S/C22H21BrN6O3/c1-28-19-18(20(31)26-22(28)32)29(11-5-8-14-6-3-2-4-7-14)21(25-19)27-24-13-15-12-16(23)9-10-17(15)30/h2-4,6-7,9-10,12-13,30H,5,8,11H2,1H3,(H,25,27)(H,26,31,32)/b24-13+.